The molecule has 0 atom stereocenters. The Morgan fingerprint density at radius 3 is 2.26 bits per heavy atom. The zero-order chi connectivity index (χ0) is 19.6. The van der Waals surface area contributed by atoms with E-state index in [9.17, 15) is 0 Å². The Morgan fingerprint density at radius 1 is 0.963 bits per heavy atom. The van der Waals surface area contributed by atoms with Crippen molar-refractivity contribution in [2.24, 2.45) is 4.99 Å². The quantitative estimate of drug-likeness (QED) is 0.570. The fourth-order valence-corrected chi connectivity index (χ4v) is 4.28. The molecule has 0 bridgehead atoms. The fourth-order valence-electron chi connectivity index (χ4n) is 3.24. The summed E-state index contributed by atoms with van der Waals surface area (Å²) in [5.74, 6) is 1.63. The van der Waals surface area contributed by atoms with Crippen LogP contribution in [0.1, 0.15) is 31.0 Å². The number of nitrogens with zero attached hydrogens (tertiary/aromatic N) is 2. The predicted molar refractivity (Wildman–Crippen MR) is 112 cm³/mol. The van der Waals surface area contributed by atoms with Gasteiger partial charge < -0.3 is 14.0 Å². The Balaban J connectivity index is 2.22. The molecular weight excluding hydrogens is 356 g/mol. The average molecular weight is 383 g/mol. The van der Waals surface area contributed by atoms with Gasteiger partial charge in [0.1, 0.15) is 11.5 Å². The molecule has 0 saturated carbocycles. The molecule has 0 saturated heterocycles. The number of ether oxygens (including phenoxy) is 2. The van der Waals surface area contributed by atoms with Gasteiger partial charge in [0.25, 0.3) is 0 Å². The minimum Gasteiger partial charge on any atom is -0.497 e. The highest BCUT2D eigenvalue weighted by molar-refractivity contribution is 7.07. The van der Waals surface area contributed by atoms with Gasteiger partial charge in [0.2, 0.25) is 0 Å². The van der Waals surface area contributed by atoms with Crippen LogP contribution in [0.25, 0.3) is 11.3 Å². The SMILES string of the molecule is COc1ccc(OC)c(-c2csc(=Nc3cc(C)cc(C)c3)n2C(C)C)c1. The number of aromatic nitrogens is 1. The zero-order valence-corrected chi connectivity index (χ0v) is 17.6. The van der Waals surface area contributed by atoms with Gasteiger partial charge in [-0.15, -0.1) is 11.3 Å². The normalized spacial score (nSPS) is 11.9. The first-order valence-corrected chi connectivity index (χ1v) is 9.86. The number of aryl methyl sites for hydroxylation is 2. The lowest BCUT2D eigenvalue weighted by molar-refractivity contribution is 0.404. The van der Waals surface area contributed by atoms with Crippen LogP contribution in [0.2, 0.25) is 0 Å². The van der Waals surface area contributed by atoms with E-state index in [-0.39, 0.29) is 6.04 Å². The topological polar surface area (TPSA) is 35.8 Å². The third-order valence-corrected chi connectivity index (χ3v) is 5.21. The maximum absolute atomic E-state index is 5.60. The third-order valence-electron chi connectivity index (χ3n) is 4.37. The van der Waals surface area contributed by atoms with Gasteiger partial charge in [-0.05, 0) is 69.2 Å². The minimum atomic E-state index is 0.256. The number of thiazole rings is 1. The molecule has 142 valence electrons. The summed E-state index contributed by atoms with van der Waals surface area (Å²) in [4.78, 5) is 5.91. The second kappa shape index (κ2) is 8.01. The molecule has 27 heavy (non-hydrogen) atoms. The molecule has 0 amide bonds. The lowest BCUT2D eigenvalue weighted by Gasteiger charge is -2.16. The molecule has 5 heteroatoms. The van der Waals surface area contributed by atoms with E-state index in [4.69, 9.17) is 14.5 Å². The molecule has 4 nitrogen and oxygen atoms in total. The van der Waals surface area contributed by atoms with E-state index in [1.54, 1.807) is 25.6 Å². The van der Waals surface area contributed by atoms with Crippen LogP contribution in [-0.4, -0.2) is 18.8 Å². The van der Waals surface area contributed by atoms with Gasteiger partial charge in [0, 0.05) is 17.0 Å². The molecule has 1 aromatic heterocycles. The van der Waals surface area contributed by atoms with Gasteiger partial charge in [-0.1, -0.05) is 6.07 Å². The summed E-state index contributed by atoms with van der Waals surface area (Å²) in [7, 11) is 3.37. The van der Waals surface area contributed by atoms with Crippen molar-refractivity contribution in [2.45, 2.75) is 33.7 Å². The van der Waals surface area contributed by atoms with E-state index in [0.717, 1.165) is 33.2 Å². The minimum absolute atomic E-state index is 0.256. The van der Waals surface area contributed by atoms with Crippen LogP contribution >= 0.6 is 11.3 Å². The maximum atomic E-state index is 5.60. The van der Waals surface area contributed by atoms with E-state index in [1.807, 2.05) is 18.2 Å². The molecule has 0 aliphatic carbocycles. The largest absolute Gasteiger partial charge is 0.497 e. The van der Waals surface area contributed by atoms with Crippen molar-refractivity contribution < 1.29 is 9.47 Å². The first-order valence-electron chi connectivity index (χ1n) is 8.98. The van der Waals surface area contributed by atoms with Crippen molar-refractivity contribution in [3.05, 3.63) is 57.7 Å². The monoisotopic (exact) mass is 382 g/mol. The molecule has 0 radical (unpaired) electrons. The number of methoxy groups -OCH3 is 2. The van der Waals surface area contributed by atoms with Gasteiger partial charge in [0.15, 0.2) is 4.80 Å². The summed E-state index contributed by atoms with van der Waals surface area (Å²) < 4.78 is 13.3. The summed E-state index contributed by atoms with van der Waals surface area (Å²) in [5, 5.41) is 2.14. The number of hydrogen-bond donors (Lipinski definition) is 0. The Morgan fingerprint density at radius 2 is 1.67 bits per heavy atom. The van der Waals surface area contributed by atoms with Crippen molar-refractivity contribution in [1.29, 1.82) is 0 Å². The molecule has 3 rings (SSSR count). The van der Waals surface area contributed by atoms with Gasteiger partial charge in [-0.3, -0.25) is 0 Å². The molecule has 0 spiro atoms. The van der Waals surface area contributed by atoms with Crippen LogP contribution in [0.5, 0.6) is 11.5 Å². The third kappa shape index (κ3) is 4.08. The highest BCUT2D eigenvalue weighted by atomic mass is 32.1. The van der Waals surface area contributed by atoms with Crippen molar-refractivity contribution in [2.75, 3.05) is 14.2 Å². The van der Waals surface area contributed by atoms with Crippen LogP contribution in [0.4, 0.5) is 5.69 Å². The van der Waals surface area contributed by atoms with Gasteiger partial charge >= 0.3 is 0 Å². The predicted octanol–water partition coefficient (Wildman–Crippen LogP) is 5.66. The Kier molecular flexibility index (Phi) is 5.71. The molecule has 2 aromatic carbocycles. The highest BCUT2D eigenvalue weighted by Crippen LogP contribution is 2.35. The molecule has 0 unspecified atom stereocenters. The zero-order valence-electron chi connectivity index (χ0n) is 16.7. The summed E-state index contributed by atoms with van der Waals surface area (Å²) >= 11 is 1.64. The molecule has 0 N–H and O–H groups in total. The van der Waals surface area contributed by atoms with E-state index < -0.39 is 0 Å². The smallest absolute Gasteiger partial charge is 0.190 e. The Hall–Kier alpha value is -2.53. The lowest BCUT2D eigenvalue weighted by Crippen LogP contribution is -2.18. The first-order chi connectivity index (χ1) is 12.9. The summed E-state index contributed by atoms with van der Waals surface area (Å²) in [6.07, 6.45) is 0. The van der Waals surface area contributed by atoms with E-state index in [1.165, 1.54) is 11.1 Å². The standard InChI is InChI=1S/C22H26N2O2S/c1-14(2)24-20(19-12-18(25-5)7-8-21(19)26-6)13-27-22(24)23-17-10-15(3)9-16(4)11-17/h7-14H,1-6H3. The van der Waals surface area contributed by atoms with Crippen molar-refractivity contribution >= 4 is 17.0 Å². The van der Waals surface area contributed by atoms with Crippen molar-refractivity contribution in [1.82, 2.24) is 4.57 Å². The van der Waals surface area contributed by atoms with Crippen LogP contribution in [0.15, 0.2) is 46.8 Å². The Bertz CT molecular complexity index is 995. The number of benzene rings is 2. The van der Waals surface area contributed by atoms with Gasteiger partial charge in [0.05, 0.1) is 25.6 Å². The van der Waals surface area contributed by atoms with E-state index in [0.29, 0.717) is 0 Å². The number of hydrogen-bond acceptors (Lipinski definition) is 4. The fraction of sp³-hybridized carbons (Fsp3) is 0.318. The van der Waals surface area contributed by atoms with E-state index in [2.05, 4.69) is 55.8 Å². The second-order valence-corrected chi connectivity index (χ2v) is 7.73. The molecule has 3 aromatic rings. The summed E-state index contributed by atoms with van der Waals surface area (Å²) in [6, 6.07) is 12.5. The van der Waals surface area contributed by atoms with E-state index >= 15 is 0 Å². The molecule has 0 aliphatic rings. The van der Waals surface area contributed by atoms with Gasteiger partial charge in [-0.2, -0.15) is 0 Å². The van der Waals surface area contributed by atoms with Crippen molar-refractivity contribution in [3.63, 3.8) is 0 Å². The summed E-state index contributed by atoms with van der Waals surface area (Å²) in [6.45, 7) is 8.54. The average Bonchev–Trinajstić information content (AvgIpc) is 3.03. The van der Waals surface area contributed by atoms with Crippen molar-refractivity contribution in [3.8, 4) is 22.8 Å². The van der Waals surface area contributed by atoms with Gasteiger partial charge in [-0.25, -0.2) is 4.99 Å². The second-order valence-electron chi connectivity index (χ2n) is 6.89. The van der Waals surface area contributed by atoms with Crippen LogP contribution in [0, 0.1) is 13.8 Å². The molecule has 1 heterocycles. The molecule has 0 fully saturated rings. The van der Waals surface area contributed by atoms with Crippen LogP contribution in [0.3, 0.4) is 0 Å². The summed E-state index contributed by atoms with van der Waals surface area (Å²) in [5.41, 5.74) is 5.50. The molecular formula is C22H26N2O2S. The number of rotatable bonds is 5. The maximum Gasteiger partial charge on any atom is 0.190 e. The Labute approximate surface area is 164 Å². The first kappa shape index (κ1) is 19.2. The molecule has 0 aliphatic heterocycles. The highest BCUT2D eigenvalue weighted by Gasteiger charge is 2.16. The van der Waals surface area contributed by atoms with Crippen LogP contribution < -0.4 is 14.3 Å². The van der Waals surface area contributed by atoms with Crippen LogP contribution in [-0.2, 0) is 0 Å². The lowest BCUT2D eigenvalue weighted by atomic mass is 10.1.